The van der Waals surface area contributed by atoms with Crippen LogP contribution in [0.3, 0.4) is 0 Å². The van der Waals surface area contributed by atoms with E-state index in [0.29, 0.717) is 24.6 Å². The molecule has 0 saturated carbocycles. The first kappa shape index (κ1) is 16.2. The van der Waals surface area contributed by atoms with Crippen LogP contribution in [0.5, 0.6) is 5.75 Å². The van der Waals surface area contributed by atoms with Crippen molar-refractivity contribution < 1.29 is 14.5 Å². The summed E-state index contributed by atoms with van der Waals surface area (Å²) in [4.78, 5) is 24.7. The Morgan fingerprint density at radius 3 is 2.68 bits per heavy atom. The van der Waals surface area contributed by atoms with Crippen LogP contribution in [0.15, 0.2) is 18.2 Å². The molecule has 0 atom stereocenters. The topological polar surface area (TPSA) is 84.7 Å². The maximum Gasteiger partial charge on any atom is 0.310 e. The maximum absolute atomic E-state index is 12.5. The SMILES string of the molecule is CNCC1CCN(C(=O)c2ccc([N+](=O)[O-])c(OC)c2)CC1. The first-order valence-electron chi connectivity index (χ1n) is 7.33. The normalized spacial score (nSPS) is 15.6. The number of amides is 1. The third-order valence-electron chi connectivity index (χ3n) is 4.02. The number of methoxy groups -OCH3 is 1. The standard InChI is InChI=1S/C15H21N3O4/c1-16-10-11-5-7-17(8-6-11)15(19)12-3-4-13(18(20)21)14(9-12)22-2/h3-4,9,11,16H,5-8,10H2,1-2H3. The van der Waals surface area contributed by atoms with Crippen molar-refractivity contribution in [3.8, 4) is 5.75 Å². The molecule has 0 radical (unpaired) electrons. The van der Waals surface area contributed by atoms with E-state index in [1.807, 2.05) is 7.05 Å². The van der Waals surface area contributed by atoms with E-state index in [-0.39, 0.29) is 17.3 Å². The number of ether oxygens (including phenoxy) is 1. The molecule has 0 aliphatic carbocycles. The number of nitrogens with zero attached hydrogens (tertiary/aromatic N) is 2. The zero-order valence-corrected chi connectivity index (χ0v) is 12.9. The van der Waals surface area contributed by atoms with Crippen molar-refractivity contribution in [3.63, 3.8) is 0 Å². The molecule has 0 spiro atoms. The van der Waals surface area contributed by atoms with E-state index in [1.165, 1.54) is 25.3 Å². The number of carbonyl (C=O) groups is 1. The molecule has 1 aliphatic heterocycles. The number of likely N-dealkylation sites (tertiary alicyclic amines) is 1. The fraction of sp³-hybridized carbons (Fsp3) is 0.533. The van der Waals surface area contributed by atoms with E-state index in [2.05, 4.69) is 5.32 Å². The number of nitro groups is 1. The Morgan fingerprint density at radius 2 is 2.14 bits per heavy atom. The highest BCUT2D eigenvalue weighted by atomic mass is 16.6. The van der Waals surface area contributed by atoms with Gasteiger partial charge in [-0.25, -0.2) is 0 Å². The first-order valence-corrected chi connectivity index (χ1v) is 7.33. The molecule has 120 valence electrons. The van der Waals surface area contributed by atoms with Crippen LogP contribution in [-0.4, -0.2) is 49.5 Å². The molecule has 1 aromatic rings. The summed E-state index contributed by atoms with van der Waals surface area (Å²) in [7, 11) is 3.29. The number of benzene rings is 1. The third-order valence-corrected chi connectivity index (χ3v) is 4.02. The van der Waals surface area contributed by atoms with Crippen LogP contribution >= 0.6 is 0 Å². The predicted octanol–water partition coefficient (Wildman–Crippen LogP) is 1.68. The van der Waals surface area contributed by atoms with Crippen molar-refractivity contribution in [1.29, 1.82) is 0 Å². The molecule has 0 bridgehead atoms. The van der Waals surface area contributed by atoms with E-state index in [9.17, 15) is 14.9 Å². The Kier molecular flexibility index (Phi) is 5.32. The average molecular weight is 307 g/mol. The minimum Gasteiger partial charge on any atom is -0.490 e. The lowest BCUT2D eigenvalue weighted by molar-refractivity contribution is -0.385. The van der Waals surface area contributed by atoms with Gasteiger partial charge in [0.15, 0.2) is 5.75 Å². The van der Waals surface area contributed by atoms with Crippen molar-refractivity contribution in [2.45, 2.75) is 12.8 Å². The van der Waals surface area contributed by atoms with Gasteiger partial charge in [-0.15, -0.1) is 0 Å². The molecular weight excluding hydrogens is 286 g/mol. The molecule has 22 heavy (non-hydrogen) atoms. The maximum atomic E-state index is 12.5. The Balaban J connectivity index is 2.09. The second kappa shape index (κ2) is 7.22. The number of hydrogen-bond acceptors (Lipinski definition) is 5. The van der Waals surface area contributed by atoms with Gasteiger partial charge in [0.05, 0.1) is 12.0 Å². The molecule has 7 nitrogen and oxygen atoms in total. The molecule has 1 amide bonds. The third kappa shape index (κ3) is 3.54. The number of nitrogens with one attached hydrogen (secondary N) is 1. The Hall–Kier alpha value is -2.15. The van der Waals surface area contributed by atoms with Crippen molar-refractivity contribution in [3.05, 3.63) is 33.9 Å². The van der Waals surface area contributed by atoms with Crippen LogP contribution in [0, 0.1) is 16.0 Å². The summed E-state index contributed by atoms with van der Waals surface area (Å²) in [6.07, 6.45) is 1.94. The molecule has 7 heteroatoms. The summed E-state index contributed by atoms with van der Waals surface area (Å²) in [5.41, 5.74) is 0.293. The lowest BCUT2D eigenvalue weighted by Gasteiger charge is -2.32. The van der Waals surface area contributed by atoms with Gasteiger partial charge in [-0.2, -0.15) is 0 Å². The number of nitro benzene ring substituents is 1. The lowest BCUT2D eigenvalue weighted by atomic mass is 9.96. The van der Waals surface area contributed by atoms with Gasteiger partial charge in [0.1, 0.15) is 0 Å². The molecule has 0 unspecified atom stereocenters. The Labute approximate surface area is 129 Å². The van der Waals surface area contributed by atoms with Crippen LogP contribution < -0.4 is 10.1 Å². The molecule has 2 rings (SSSR count). The van der Waals surface area contributed by atoms with Gasteiger partial charge >= 0.3 is 5.69 Å². The van der Waals surface area contributed by atoms with E-state index in [4.69, 9.17) is 4.74 Å². The second-order valence-electron chi connectivity index (χ2n) is 5.44. The largest absolute Gasteiger partial charge is 0.490 e. The van der Waals surface area contributed by atoms with E-state index >= 15 is 0 Å². The van der Waals surface area contributed by atoms with Crippen LogP contribution in [0.4, 0.5) is 5.69 Å². The summed E-state index contributed by atoms with van der Waals surface area (Å²) in [5, 5.41) is 14.0. The summed E-state index contributed by atoms with van der Waals surface area (Å²) in [5.74, 6) is 0.609. The molecule has 1 fully saturated rings. The monoisotopic (exact) mass is 307 g/mol. The van der Waals surface area contributed by atoms with Gasteiger partial charge in [-0.1, -0.05) is 0 Å². The molecule has 1 aliphatic rings. The number of hydrogen-bond donors (Lipinski definition) is 1. The Bertz CT molecular complexity index is 554. The fourth-order valence-corrected chi connectivity index (χ4v) is 2.77. The highest BCUT2D eigenvalue weighted by molar-refractivity contribution is 5.95. The first-order chi connectivity index (χ1) is 10.6. The van der Waals surface area contributed by atoms with Crippen LogP contribution in [0.1, 0.15) is 23.2 Å². The van der Waals surface area contributed by atoms with Crippen molar-refractivity contribution in [2.24, 2.45) is 5.92 Å². The zero-order valence-electron chi connectivity index (χ0n) is 12.9. The molecular formula is C15H21N3O4. The molecule has 1 aromatic carbocycles. The quantitative estimate of drug-likeness (QED) is 0.661. The average Bonchev–Trinajstić information content (AvgIpc) is 2.54. The summed E-state index contributed by atoms with van der Waals surface area (Å²) in [6.45, 7) is 2.39. The van der Waals surface area contributed by atoms with E-state index < -0.39 is 4.92 Å². The van der Waals surface area contributed by atoms with E-state index in [1.54, 1.807) is 4.90 Å². The highest BCUT2D eigenvalue weighted by Crippen LogP contribution is 2.28. The van der Waals surface area contributed by atoms with Gasteiger partial charge in [-0.05, 0) is 38.4 Å². The van der Waals surface area contributed by atoms with Gasteiger partial charge in [-0.3, -0.25) is 14.9 Å². The molecule has 1 N–H and O–H groups in total. The lowest BCUT2D eigenvalue weighted by Crippen LogP contribution is -2.40. The van der Waals surface area contributed by atoms with Crippen molar-refractivity contribution in [2.75, 3.05) is 33.8 Å². The van der Waals surface area contributed by atoms with Gasteiger partial charge in [0.2, 0.25) is 0 Å². The van der Waals surface area contributed by atoms with Crippen molar-refractivity contribution >= 4 is 11.6 Å². The molecule has 0 aromatic heterocycles. The van der Waals surface area contributed by atoms with Crippen molar-refractivity contribution in [1.82, 2.24) is 10.2 Å². The minimum absolute atomic E-state index is 0.101. The summed E-state index contributed by atoms with van der Waals surface area (Å²) >= 11 is 0. The minimum atomic E-state index is -0.518. The highest BCUT2D eigenvalue weighted by Gasteiger charge is 2.25. The van der Waals surface area contributed by atoms with Gasteiger partial charge in [0, 0.05) is 30.8 Å². The van der Waals surface area contributed by atoms with Crippen LogP contribution in [0.2, 0.25) is 0 Å². The number of piperidine rings is 1. The smallest absolute Gasteiger partial charge is 0.310 e. The fourth-order valence-electron chi connectivity index (χ4n) is 2.77. The summed E-state index contributed by atoms with van der Waals surface area (Å²) < 4.78 is 5.01. The molecule has 1 saturated heterocycles. The predicted molar refractivity (Wildman–Crippen MR) is 82.2 cm³/mol. The van der Waals surface area contributed by atoms with Gasteiger partial charge in [0.25, 0.3) is 5.91 Å². The van der Waals surface area contributed by atoms with Crippen LogP contribution in [0.25, 0.3) is 0 Å². The number of rotatable bonds is 5. The van der Waals surface area contributed by atoms with Crippen LogP contribution in [-0.2, 0) is 0 Å². The Morgan fingerprint density at radius 1 is 1.45 bits per heavy atom. The molecule has 1 heterocycles. The van der Waals surface area contributed by atoms with E-state index in [0.717, 1.165) is 19.4 Å². The second-order valence-corrected chi connectivity index (χ2v) is 5.44. The van der Waals surface area contributed by atoms with Gasteiger partial charge < -0.3 is 15.0 Å². The zero-order chi connectivity index (χ0) is 16.1. The summed E-state index contributed by atoms with van der Waals surface area (Å²) in [6, 6.07) is 4.25. The number of carbonyl (C=O) groups excluding carboxylic acids is 1.